The van der Waals surface area contributed by atoms with Crippen LogP contribution in [0.25, 0.3) is 6.08 Å². The van der Waals surface area contributed by atoms with Crippen LogP contribution in [0, 0.1) is 0 Å². The van der Waals surface area contributed by atoms with E-state index in [0.717, 1.165) is 11.0 Å². The normalized spacial score (nSPS) is 13.9. The van der Waals surface area contributed by atoms with E-state index < -0.39 is 0 Å². The van der Waals surface area contributed by atoms with Gasteiger partial charge >= 0.3 is 0 Å². The molecule has 1 nitrogen and oxygen atoms in total. The summed E-state index contributed by atoms with van der Waals surface area (Å²) in [5.41, 5.74) is 2.63. The smallest absolute Gasteiger partial charge is 0.0251 e. The van der Waals surface area contributed by atoms with Crippen molar-refractivity contribution in [3.8, 4) is 0 Å². The van der Waals surface area contributed by atoms with Gasteiger partial charge in [0.2, 0.25) is 0 Å². The van der Waals surface area contributed by atoms with Crippen molar-refractivity contribution in [1.29, 1.82) is 0 Å². The van der Waals surface area contributed by atoms with Crippen molar-refractivity contribution in [1.82, 2.24) is 5.32 Å². The Bertz CT molecular complexity index is 340. The predicted molar refractivity (Wildman–Crippen MR) is 75.5 cm³/mol. The third kappa shape index (κ3) is 4.50. The Balaban J connectivity index is 2.64. The van der Waals surface area contributed by atoms with E-state index in [1.807, 2.05) is 0 Å². The summed E-state index contributed by atoms with van der Waals surface area (Å²) in [4.78, 5) is 0. The summed E-state index contributed by atoms with van der Waals surface area (Å²) in [6.45, 7) is 7.65. The molecule has 0 saturated heterocycles. The summed E-state index contributed by atoms with van der Waals surface area (Å²) >= 11 is 3.44. The molecule has 2 heteroatoms. The Hall–Kier alpha value is -0.600. The van der Waals surface area contributed by atoms with Crippen LogP contribution in [0.15, 0.2) is 34.3 Å². The molecule has 1 aromatic carbocycles. The molecular formula is C14H20BrN. The predicted octanol–water partition coefficient (Wildman–Crippen LogP) is 4.24. The molecule has 1 unspecified atom stereocenters. The molecule has 88 valence electrons. The van der Waals surface area contributed by atoms with E-state index in [4.69, 9.17) is 0 Å². The van der Waals surface area contributed by atoms with Gasteiger partial charge in [0.15, 0.2) is 0 Å². The number of hydrogen-bond acceptors (Lipinski definition) is 1. The number of hydrogen-bond donors (Lipinski definition) is 1. The Labute approximate surface area is 107 Å². The Morgan fingerprint density at radius 2 is 2.00 bits per heavy atom. The quantitative estimate of drug-likeness (QED) is 0.851. The molecule has 0 aliphatic rings. The van der Waals surface area contributed by atoms with Gasteiger partial charge in [-0.25, -0.2) is 0 Å². The first-order valence-electron chi connectivity index (χ1n) is 5.80. The molecule has 0 aromatic heterocycles. The Morgan fingerprint density at radius 1 is 1.38 bits per heavy atom. The molecule has 0 saturated carbocycles. The highest BCUT2D eigenvalue weighted by molar-refractivity contribution is 9.10. The lowest BCUT2D eigenvalue weighted by Crippen LogP contribution is -2.27. The van der Waals surface area contributed by atoms with Crippen molar-refractivity contribution in [3.05, 3.63) is 39.9 Å². The highest BCUT2D eigenvalue weighted by atomic mass is 79.9. The van der Waals surface area contributed by atoms with E-state index in [0.29, 0.717) is 6.04 Å². The van der Waals surface area contributed by atoms with Crippen LogP contribution in [-0.4, -0.2) is 12.6 Å². The van der Waals surface area contributed by atoms with Crippen LogP contribution < -0.4 is 5.32 Å². The molecule has 1 N–H and O–H groups in total. The van der Waals surface area contributed by atoms with Crippen LogP contribution in [0.4, 0.5) is 0 Å². The molecule has 1 atom stereocenters. The van der Waals surface area contributed by atoms with Crippen molar-refractivity contribution >= 4 is 22.0 Å². The minimum absolute atomic E-state index is 0.448. The highest BCUT2D eigenvalue weighted by Gasteiger charge is 2.02. The van der Waals surface area contributed by atoms with Crippen LogP contribution in [0.5, 0.6) is 0 Å². The molecule has 0 radical (unpaired) electrons. The van der Waals surface area contributed by atoms with Gasteiger partial charge in [0.1, 0.15) is 0 Å². The summed E-state index contributed by atoms with van der Waals surface area (Å²) in [6.07, 6.45) is 3.41. The minimum Gasteiger partial charge on any atom is -0.311 e. The molecule has 0 aliphatic heterocycles. The number of nitrogens with one attached hydrogen (secondary N) is 1. The molecule has 16 heavy (non-hydrogen) atoms. The lowest BCUT2D eigenvalue weighted by atomic mass is 10.1. The Kier molecular flexibility index (Phi) is 5.78. The zero-order valence-corrected chi connectivity index (χ0v) is 11.8. The third-order valence-corrected chi connectivity index (χ3v) is 3.18. The average Bonchev–Trinajstić information content (AvgIpc) is 2.29. The molecule has 0 bridgehead atoms. The first kappa shape index (κ1) is 13.5. The maximum Gasteiger partial charge on any atom is 0.0251 e. The summed E-state index contributed by atoms with van der Waals surface area (Å²) in [7, 11) is 0. The van der Waals surface area contributed by atoms with Crippen molar-refractivity contribution in [2.24, 2.45) is 0 Å². The topological polar surface area (TPSA) is 12.0 Å². The number of halogens is 1. The standard InChI is InChI=1S/C14H20BrN/c1-4-9-16-12(3)11(2)10-13-5-7-14(15)8-6-13/h5-8,10,12,16H,4,9H2,1-3H3/b11-10+. The van der Waals surface area contributed by atoms with Gasteiger partial charge in [-0.1, -0.05) is 46.6 Å². The largest absolute Gasteiger partial charge is 0.311 e. The minimum atomic E-state index is 0.448. The zero-order valence-electron chi connectivity index (χ0n) is 10.3. The number of benzene rings is 1. The SMILES string of the molecule is CCCNC(C)/C(C)=C/c1ccc(Br)cc1. The van der Waals surface area contributed by atoms with Crippen molar-refractivity contribution in [2.45, 2.75) is 33.2 Å². The molecule has 0 fully saturated rings. The van der Waals surface area contributed by atoms with Crippen LogP contribution in [0.1, 0.15) is 32.8 Å². The maximum atomic E-state index is 3.49. The molecule has 0 amide bonds. The second-order valence-electron chi connectivity index (χ2n) is 4.12. The van der Waals surface area contributed by atoms with Gasteiger partial charge in [-0.3, -0.25) is 0 Å². The van der Waals surface area contributed by atoms with E-state index in [2.05, 4.69) is 72.4 Å². The first-order valence-corrected chi connectivity index (χ1v) is 6.60. The molecule has 0 heterocycles. The second kappa shape index (κ2) is 6.87. The average molecular weight is 282 g/mol. The fourth-order valence-electron chi connectivity index (χ4n) is 1.47. The van der Waals surface area contributed by atoms with Gasteiger partial charge in [-0.2, -0.15) is 0 Å². The number of rotatable bonds is 5. The van der Waals surface area contributed by atoms with Gasteiger partial charge in [-0.05, 0) is 44.5 Å². The maximum absolute atomic E-state index is 3.49. The van der Waals surface area contributed by atoms with Crippen LogP contribution in [-0.2, 0) is 0 Å². The van der Waals surface area contributed by atoms with E-state index in [1.165, 1.54) is 17.6 Å². The van der Waals surface area contributed by atoms with Crippen LogP contribution in [0.2, 0.25) is 0 Å². The molecule has 1 aromatic rings. The van der Waals surface area contributed by atoms with E-state index >= 15 is 0 Å². The summed E-state index contributed by atoms with van der Waals surface area (Å²) in [6, 6.07) is 8.84. The van der Waals surface area contributed by atoms with E-state index in [-0.39, 0.29) is 0 Å². The fraction of sp³-hybridized carbons (Fsp3) is 0.429. The molecule has 1 rings (SSSR count). The summed E-state index contributed by atoms with van der Waals surface area (Å²) < 4.78 is 1.12. The molecule has 0 aliphatic carbocycles. The third-order valence-electron chi connectivity index (χ3n) is 2.65. The molecule has 0 spiro atoms. The summed E-state index contributed by atoms with van der Waals surface area (Å²) in [5, 5.41) is 3.49. The van der Waals surface area contributed by atoms with E-state index in [1.54, 1.807) is 0 Å². The van der Waals surface area contributed by atoms with Crippen molar-refractivity contribution in [3.63, 3.8) is 0 Å². The molecular weight excluding hydrogens is 262 g/mol. The highest BCUT2D eigenvalue weighted by Crippen LogP contribution is 2.14. The van der Waals surface area contributed by atoms with Gasteiger partial charge in [-0.15, -0.1) is 0 Å². The van der Waals surface area contributed by atoms with Gasteiger partial charge in [0, 0.05) is 10.5 Å². The first-order chi connectivity index (χ1) is 7.63. The van der Waals surface area contributed by atoms with Crippen molar-refractivity contribution in [2.75, 3.05) is 6.54 Å². The van der Waals surface area contributed by atoms with E-state index in [9.17, 15) is 0 Å². The Morgan fingerprint density at radius 3 is 2.56 bits per heavy atom. The lowest BCUT2D eigenvalue weighted by Gasteiger charge is -2.14. The fourth-order valence-corrected chi connectivity index (χ4v) is 1.73. The van der Waals surface area contributed by atoms with Crippen molar-refractivity contribution < 1.29 is 0 Å². The summed E-state index contributed by atoms with van der Waals surface area (Å²) in [5.74, 6) is 0. The monoisotopic (exact) mass is 281 g/mol. The van der Waals surface area contributed by atoms with Gasteiger partial charge in [0.25, 0.3) is 0 Å². The van der Waals surface area contributed by atoms with Crippen LogP contribution in [0.3, 0.4) is 0 Å². The van der Waals surface area contributed by atoms with Gasteiger partial charge < -0.3 is 5.32 Å². The van der Waals surface area contributed by atoms with Gasteiger partial charge in [0.05, 0.1) is 0 Å². The van der Waals surface area contributed by atoms with Crippen LogP contribution >= 0.6 is 15.9 Å². The zero-order chi connectivity index (χ0) is 12.0. The lowest BCUT2D eigenvalue weighted by molar-refractivity contribution is 0.604. The second-order valence-corrected chi connectivity index (χ2v) is 5.03.